The Labute approximate surface area is 96.0 Å². The number of ether oxygens (including phenoxy) is 1. The second-order valence-corrected chi connectivity index (χ2v) is 3.82. The molecule has 5 nitrogen and oxygen atoms in total. The van der Waals surface area contributed by atoms with Gasteiger partial charge in [-0.1, -0.05) is 0 Å². The van der Waals surface area contributed by atoms with Crippen LogP contribution in [0.25, 0.3) is 5.69 Å². The zero-order chi connectivity index (χ0) is 11.5. The van der Waals surface area contributed by atoms with Gasteiger partial charge in [-0.05, 0) is 40.1 Å². The van der Waals surface area contributed by atoms with E-state index in [4.69, 9.17) is 9.26 Å². The molecule has 1 aromatic carbocycles. The maximum absolute atomic E-state index is 11.3. The van der Waals surface area contributed by atoms with Crippen LogP contribution >= 0.6 is 11.8 Å². The SMILES string of the molecule is COc1ccc(-[n+]2[nH]oc(=O)c2SC)cc1. The summed E-state index contributed by atoms with van der Waals surface area (Å²) in [5.74, 6) is 0.765. The number of methoxy groups -OCH3 is 1. The number of aromatic nitrogens is 2. The fourth-order valence-electron chi connectivity index (χ4n) is 1.34. The largest absolute Gasteiger partial charge is 0.497 e. The predicted octanol–water partition coefficient (Wildman–Crippen LogP) is 0.975. The van der Waals surface area contributed by atoms with Gasteiger partial charge in [0.2, 0.25) is 5.69 Å². The van der Waals surface area contributed by atoms with E-state index in [0.717, 1.165) is 11.4 Å². The molecule has 0 aliphatic rings. The normalized spacial score (nSPS) is 10.4. The molecule has 1 aromatic heterocycles. The highest BCUT2D eigenvalue weighted by atomic mass is 32.2. The number of aromatic amines is 1. The number of hydrogen-bond donors (Lipinski definition) is 1. The summed E-state index contributed by atoms with van der Waals surface area (Å²) in [6.07, 6.45) is 1.82. The first kappa shape index (κ1) is 10.8. The molecule has 6 heteroatoms. The molecule has 0 radical (unpaired) electrons. The van der Waals surface area contributed by atoms with Crippen molar-refractivity contribution in [3.05, 3.63) is 34.7 Å². The van der Waals surface area contributed by atoms with Gasteiger partial charge >= 0.3 is 10.7 Å². The zero-order valence-electron chi connectivity index (χ0n) is 8.89. The Morgan fingerprint density at radius 2 is 2.06 bits per heavy atom. The minimum Gasteiger partial charge on any atom is -0.497 e. The molecule has 0 amide bonds. The highest BCUT2D eigenvalue weighted by Gasteiger charge is 2.21. The molecule has 0 spiro atoms. The van der Waals surface area contributed by atoms with Crippen LogP contribution in [0.3, 0.4) is 0 Å². The molecule has 1 N–H and O–H groups in total. The smallest absolute Gasteiger partial charge is 0.442 e. The monoisotopic (exact) mass is 239 g/mol. The fraction of sp³-hybridized carbons (Fsp3) is 0.200. The average molecular weight is 239 g/mol. The second kappa shape index (κ2) is 4.44. The summed E-state index contributed by atoms with van der Waals surface area (Å²) in [5.41, 5.74) is 0.444. The molecule has 0 saturated carbocycles. The molecule has 2 rings (SSSR count). The molecule has 0 aliphatic heterocycles. The van der Waals surface area contributed by atoms with Crippen molar-refractivity contribution in [3.8, 4) is 11.4 Å². The van der Waals surface area contributed by atoms with Crippen LogP contribution in [0.4, 0.5) is 0 Å². The van der Waals surface area contributed by atoms with Crippen molar-refractivity contribution in [1.29, 1.82) is 0 Å². The van der Waals surface area contributed by atoms with Crippen LogP contribution in [0, 0.1) is 0 Å². The highest BCUT2D eigenvalue weighted by molar-refractivity contribution is 7.98. The minimum atomic E-state index is -0.372. The maximum atomic E-state index is 11.3. The molecular weight excluding hydrogens is 228 g/mol. The van der Waals surface area contributed by atoms with E-state index in [-0.39, 0.29) is 5.63 Å². The third-order valence-corrected chi connectivity index (χ3v) is 2.87. The van der Waals surface area contributed by atoms with E-state index in [9.17, 15) is 4.79 Å². The summed E-state index contributed by atoms with van der Waals surface area (Å²) in [6, 6.07) is 7.31. The van der Waals surface area contributed by atoms with Crippen molar-refractivity contribution < 1.29 is 13.9 Å². The Bertz CT molecular complexity index is 530. The Morgan fingerprint density at radius 1 is 1.38 bits per heavy atom. The third kappa shape index (κ3) is 1.83. The quantitative estimate of drug-likeness (QED) is 0.640. The Morgan fingerprint density at radius 3 is 2.62 bits per heavy atom. The van der Waals surface area contributed by atoms with Gasteiger partial charge in [0.25, 0.3) is 0 Å². The molecule has 0 bridgehead atoms. The summed E-state index contributed by atoms with van der Waals surface area (Å²) in [7, 11) is 1.61. The van der Waals surface area contributed by atoms with E-state index in [2.05, 4.69) is 5.27 Å². The molecular formula is C10H11N2O3S+. The van der Waals surface area contributed by atoms with Crippen LogP contribution < -0.4 is 15.0 Å². The molecule has 16 heavy (non-hydrogen) atoms. The first-order chi connectivity index (χ1) is 7.76. The molecule has 0 saturated heterocycles. The van der Waals surface area contributed by atoms with Gasteiger partial charge in [-0.2, -0.15) is 0 Å². The lowest BCUT2D eigenvalue weighted by molar-refractivity contribution is -0.704. The number of thioether (sulfide) groups is 1. The Balaban J connectivity index is 2.46. The lowest BCUT2D eigenvalue weighted by Gasteiger charge is -1.97. The zero-order valence-corrected chi connectivity index (χ0v) is 9.71. The molecule has 1 heterocycles. The molecule has 2 aromatic rings. The lowest BCUT2D eigenvalue weighted by atomic mass is 10.3. The fourth-order valence-corrected chi connectivity index (χ4v) is 1.87. The van der Waals surface area contributed by atoms with Crippen molar-refractivity contribution >= 4 is 11.8 Å². The first-order valence-corrected chi connectivity index (χ1v) is 5.80. The second-order valence-electron chi connectivity index (χ2n) is 3.02. The third-order valence-electron chi connectivity index (χ3n) is 2.13. The molecule has 0 fully saturated rings. The standard InChI is InChI=1S/C10H10N2O3S/c1-14-8-5-3-7(4-6-8)12-9(16-2)10(13)15-11-12/h3-6H,1-2H3/p+1. The van der Waals surface area contributed by atoms with Gasteiger partial charge in [-0.15, -0.1) is 0 Å². The number of hydrogen-bond acceptors (Lipinski definition) is 4. The number of nitrogens with one attached hydrogen (secondary N) is 1. The van der Waals surface area contributed by atoms with Gasteiger partial charge in [0.1, 0.15) is 5.75 Å². The van der Waals surface area contributed by atoms with Gasteiger partial charge in [0, 0.05) is 12.1 Å². The van der Waals surface area contributed by atoms with Crippen LogP contribution in [-0.2, 0) is 0 Å². The molecule has 0 aliphatic carbocycles. The van der Waals surface area contributed by atoms with E-state index in [1.807, 2.05) is 30.5 Å². The first-order valence-electron chi connectivity index (χ1n) is 4.58. The van der Waals surface area contributed by atoms with Crippen molar-refractivity contribution in [2.45, 2.75) is 5.03 Å². The Kier molecular flexibility index (Phi) is 3.00. The van der Waals surface area contributed by atoms with E-state index in [1.54, 1.807) is 11.8 Å². The molecule has 0 unspecified atom stereocenters. The topological polar surface area (TPSA) is 59.1 Å². The van der Waals surface area contributed by atoms with E-state index in [1.165, 1.54) is 11.8 Å². The maximum Gasteiger partial charge on any atom is 0.442 e. The van der Waals surface area contributed by atoms with Crippen molar-refractivity contribution in [3.63, 3.8) is 0 Å². The summed E-state index contributed by atoms with van der Waals surface area (Å²) in [6.45, 7) is 0. The average Bonchev–Trinajstić information content (AvgIpc) is 2.70. The van der Waals surface area contributed by atoms with E-state index < -0.39 is 0 Å². The van der Waals surface area contributed by atoms with Crippen LogP contribution in [0.15, 0.2) is 38.6 Å². The predicted molar refractivity (Wildman–Crippen MR) is 59.2 cm³/mol. The number of H-pyrrole nitrogens is 1. The van der Waals surface area contributed by atoms with Gasteiger partial charge < -0.3 is 4.74 Å². The van der Waals surface area contributed by atoms with Gasteiger partial charge in [-0.3, -0.25) is 4.52 Å². The van der Waals surface area contributed by atoms with Crippen LogP contribution in [0.1, 0.15) is 0 Å². The van der Waals surface area contributed by atoms with Gasteiger partial charge in [0.15, 0.2) is 0 Å². The van der Waals surface area contributed by atoms with Crippen LogP contribution in [-0.4, -0.2) is 18.6 Å². The molecule has 84 valence electrons. The van der Waals surface area contributed by atoms with Crippen molar-refractivity contribution in [2.75, 3.05) is 13.4 Å². The van der Waals surface area contributed by atoms with Crippen LogP contribution in [0.5, 0.6) is 5.75 Å². The minimum absolute atomic E-state index is 0.372. The number of nitrogens with zero attached hydrogens (tertiary/aromatic N) is 1. The number of rotatable bonds is 3. The van der Waals surface area contributed by atoms with Crippen molar-refractivity contribution in [2.24, 2.45) is 0 Å². The lowest BCUT2D eigenvalue weighted by Crippen LogP contribution is -2.35. The summed E-state index contributed by atoms with van der Waals surface area (Å²) in [5, 5.41) is 3.05. The van der Waals surface area contributed by atoms with E-state index >= 15 is 0 Å². The van der Waals surface area contributed by atoms with Crippen molar-refractivity contribution in [1.82, 2.24) is 5.27 Å². The van der Waals surface area contributed by atoms with E-state index in [0.29, 0.717) is 5.03 Å². The summed E-state index contributed by atoms with van der Waals surface area (Å²) >= 11 is 1.33. The highest BCUT2D eigenvalue weighted by Crippen LogP contribution is 2.12. The molecule has 0 atom stereocenters. The Hall–Kier alpha value is -1.69. The number of benzene rings is 1. The van der Waals surface area contributed by atoms with Gasteiger partial charge in [-0.25, -0.2) is 4.79 Å². The van der Waals surface area contributed by atoms with Crippen LogP contribution in [0.2, 0.25) is 0 Å². The summed E-state index contributed by atoms with van der Waals surface area (Å²) in [4.78, 5) is 11.3. The van der Waals surface area contributed by atoms with Gasteiger partial charge in [0.05, 0.1) is 7.11 Å². The summed E-state index contributed by atoms with van der Waals surface area (Å²) < 4.78 is 11.4.